The van der Waals surface area contributed by atoms with Crippen LogP contribution in [0.5, 0.6) is 0 Å². The average molecular weight is 275 g/mol. The maximum absolute atomic E-state index is 12.3. The van der Waals surface area contributed by atoms with Crippen LogP contribution < -0.4 is 0 Å². The van der Waals surface area contributed by atoms with E-state index in [0.29, 0.717) is 12.5 Å². The van der Waals surface area contributed by atoms with E-state index in [-0.39, 0.29) is 12.0 Å². The highest BCUT2D eigenvalue weighted by atomic mass is 16.5. The first-order valence-electron chi connectivity index (χ1n) is 7.53. The van der Waals surface area contributed by atoms with E-state index < -0.39 is 0 Å². The standard InChI is InChI=1S/C17H25NO2/c1-13(2)20-16-7-9-18(10-8-16)17(19)12-15-6-4-5-14(3)11-15/h4-6,11,13,16H,7-10,12H2,1-3H3. The molecule has 1 fully saturated rings. The third-order valence-electron chi connectivity index (χ3n) is 3.70. The number of likely N-dealkylation sites (tertiary alicyclic amines) is 1. The fraction of sp³-hybridized carbons (Fsp3) is 0.588. The van der Waals surface area contributed by atoms with E-state index in [1.807, 2.05) is 17.0 Å². The second-order valence-corrected chi connectivity index (χ2v) is 5.93. The number of piperidine rings is 1. The molecule has 0 N–H and O–H groups in total. The zero-order chi connectivity index (χ0) is 14.5. The summed E-state index contributed by atoms with van der Waals surface area (Å²) >= 11 is 0. The van der Waals surface area contributed by atoms with E-state index in [1.54, 1.807) is 0 Å². The van der Waals surface area contributed by atoms with Crippen molar-refractivity contribution in [3.05, 3.63) is 35.4 Å². The van der Waals surface area contributed by atoms with Crippen LogP contribution in [0.2, 0.25) is 0 Å². The van der Waals surface area contributed by atoms with Gasteiger partial charge in [0.25, 0.3) is 0 Å². The lowest BCUT2D eigenvalue weighted by Gasteiger charge is -2.33. The van der Waals surface area contributed by atoms with Gasteiger partial charge in [0, 0.05) is 13.1 Å². The van der Waals surface area contributed by atoms with Gasteiger partial charge in [0.05, 0.1) is 18.6 Å². The number of rotatable bonds is 4. The minimum Gasteiger partial charge on any atom is -0.375 e. The summed E-state index contributed by atoms with van der Waals surface area (Å²) in [5.74, 6) is 0.235. The summed E-state index contributed by atoms with van der Waals surface area (Å²) in [6.45, 7) is 7.83. The molecule has 1 aliphatic rings. The number of hydrogen-bond donors (Lipinski definition) is 0. The maximum Gasteiger partial charge on any atom is 0.226 e. The molecular formula is C17H25NO2. The van der Waals surface area contributed by atoms with Crippen LogP contribution in [0, 0.1) is 6.92 Å². The van der Waals surface area contributed by atoms with E-state index in [4.69, 9.17) is 4.74 Å². The molecule has 0 aliphatic carbocycles. The number of nitrogens with zero attached hydrogens (tertiary/aromatic N) is 1. The van der Waals surface area contributed by atoms with Crippen molar-refractivity contribution in [2.45, 2.75) is 52.2 Å². The Morgan fingerprint density at radius 1 is 1.35 bits per heavy atom. The highest BCUT2D eigenvalue weighted by molar-refractivity contribution is 5.78. The molecule has 0 saturated carbocycles. The maximum atomic E-state index is 12.3. The van der Waals surface area contributed by atoms with Gasteiger partial charge in [-0.25, -0.2) is 0 Å². The van der Waals surface area contributed by atoms with Crippen LogP contribution in [0.25, 0.3) is 0 Å². The number of ether oxygens (including phenoxy) is 1. The fourth-order valence-electron chi connectivity index (χ4n) is 2.73. The normalized spacial score (nSPS) is 16.7. The summed E-state index contributed by atoms with van der Waals surface area (Å²) in [6.07, 6.45) is 3.01. The molecule has 110 valence electrons. The lowest BCUT2D eigenvalue weighted by molar-refractivity contribution is -0.133. The van der Waals surface area contributed by atoms with Crippen molar-refractivity contribution in [3.8, 4) is 0 Å². The Kier molecular flexibility index (Phi) is 5.18. The Morgan fingerprint density at radius 3 is 2.65 bits per heavy atom. The van der Waals surface area contributed by atoms with Gasteiger partial charge in [0.15, 0.2) is 0 Å². The van der Waals surface area contributed by atoms with Gasteiger partial charge in [-0.2, -0.15) is 0 Å². The molecule has 3 heteroatoms. The van der Waals surface area contributed by atoms with Gasteiger partial charge in [0.1, 0.15) is 0 Å². The lowest BCUT2D eigenvalue weighted by Crippen LogP contribution is -2.42. The number of amides is 1. The molecule has 1 aliphatic heterocycles. The molecule has 20 heavy (non-hydrogen) atoms. The molecule has 0 spiro atoms. The highest BCUT2D eigenvalue weighted by Gasteiger charge is 2.23. The first kappa shape index (κ1) is 15.0. The summed E-state index contributed by atoms with van der Waals surface area (Å²) in [4.78, 5) is 14.3. The minimum absolute atomic E-state index is 0.235. The number of carbonyl (C=O) groups is 1. The van der Waals surface area contributed by atoms with E-state index in [1.165, 1.54) is 5.56 Å². The van der Waals surface area contributed by atoms with Crippen LogP contribution in [0.3, 0.4) is 0 Å². The molecule has 1 saturated heterocycles. The molecule has 0 atom stereocenters. The molecule has 1 aromatic rings. The fourth-order valence-corrected chi connectivity index (χ4v) is 2.73. The third-order valence-corrected chi connectivity index (χ3v) is 3.70. The van der Waals surface area contributed by atoms with Crippen molar-refractivity contribution in [2.75, 3.05) is 13.1 Å². The van der Waals surface area contributed by atoms with Gasteiger partial charge >= 0.3 is 0 Å². The Labute approximate surface area is 121 Å². The van der Waals surface area contributed by atoms with Gasteiger partial charge < -0.3 is 9.64 Å². The topological polar surface area (TPSA) is 29.5 Å². The first-order valence-corrected chi connectivity index (χ1v) is 7.53. The SMILES string of the molecule is Cc1cccc(CC(=O)N2CCC(OC(C)C)CC2)c1. The van der Waals surface area contributed by atoms with Crippen molar-refractivity contribution in [2.24, 2.45) is 0 Å². The van der Waals surface area contributed by atoms with Crippen LogP contribution in [0.15, 0.2) is 24.3 Å². The third kappa shape index (κ3) is 4.34. The molecular weight excluding hydrogens is 250 g/mol. The second-order valence-electron chi connectivity index (χ2n) is 5.93. The number of hydrogen-bond acceptors (Lipinski definition) is 2. The van der Waals surface area contributed by atoms with E-state index >= 15 is 0 Å². The smallest absolute Gasteiger partial charge is 0.226 e. The van der Waals surface area contributed by atoms with Crippen LogP contribution in [0.1, 0.15) is 37.8 Å². The van der Waals surface area contributed by atoms with E-state index in [2.05, 4.69) is 32.9 Å². The summed E-state index contributed by atoms with van der Waals surface area (Å²) in [5.41, 5.74) is 2.31. The molecule has 0 bridgehead atoms. The Bertz CT molecular complexity index is 448. The molecule has 3 nitrogen and oxygen atoms in total. The van der Waals surface area contributed by atoms with Gasteiger partial charge in [-0.3, -0.25) is 4.79 Å². The van der Waals surface area contributed by atoms with Crippen LogP contribution in [0.4, 0.5) is 0 Å². The van der Waals surface area contributed by atoms with Crippen molar-refractivity contribution in [1.82, 2.24) is 4.90 Å². The van der Waals surface area contributed by atoms with E-state index in [0.717, 1.165) is 31.5 Å². The summed E-state index contributed by atoms with van der Waals surface area (Å²) < 4.78 is 5.82. The zero-order valence-corrected chi connectivity index (χ0v) is 12.8. The van der Waals surface area contributed by atoms with Crippen LogP contribution >= 0.6 is 0 Å². The quantitative estimate of drug-likeness (QED) is 0.845. The largest absolute Gasteiger partial charge is 0.375 e. The van der Waals surface area contributed by atoms with E-state index in [9.17, 15) is 4.79 Å². The van der Waals surface area contributed by atoms with Gasteiger partial charge in [-0.05, 0) is 39.2 Å². The van der Waals surface area contributed by atoms with Gasteiger partial charge in [-0.15, -0.1) is 0 Å². The molecule has 0 radical (unpaired) electrons. The molecule has 1 aromatic carbocycles. The molecule has 1 heterocycles. The summed E-state index contributed by atoms with van der Waals surface area (Å²) in [5, 5.41) is 0. The molecule has 2 rings (SSSR count). The minimum atomic E-state index is 0.235. The van der Waals surface area contributed by atoms with Crippen molar-refractivity contribution in [1.29, 1.82) is 0 Å². The van der Waals surface area contributed by atoms with Crippen molar-refractivity contribution in [3.63, 3.8) is 0 Å². The summed E-state index contributed by atoms with van der Waals surface area (Å²) in [6, 6.07) is 8.19. The zero-order valence-electron chi connectivity index (χ0n) is 12.8. The van der Waals surface area contributed by atoms with Gasteiger partial charge in [-0.1, -0.05) is 29.8 Å². The lowest BCUT2D eigenvalue weighted by atomic mass is 10.0. The predicted molar refractivity (Wildman–Crippen MR) is 80.7 cm³/mol. The first-order chi connectivity index (χ1) is 9.54. The summed E-state index contributed by atoms with van der Waals surface area (Å²) in [7, 11) is 0. The Hall–Kier alpha value is -1.35. The highest BCUT2D eigenvalue weighted by Crippen LogP contribution is 2.16. The Balaban J connectivity index is 1.83. The van der Waals surface area contributed by atoms with Crippen molar-refractivity contribution >= 4 is 5.91 Å². The van der Waals surface area contributed by atoms with Crippen LogP contribution in [-0.4, -0.2) is 36.1 Å². The number of benzene rings is 1. The average Bonchev–Trinajstić information content (AvgIpc) is 2.38. The monoisotopic (exact) mass is 275 g/mol. The molecule has 0 unspecified atom stereocenters. The number of aryl methyl sites for hydroxylation is 1. The second kappa shape index (κ2) is 6.89. The Morgan fingerprint density at radius 2 is 2.05 bits per heavy atom. The molecule has 0 aromatic heterocycles. The number of carbonyl (C=O) groups excluding carboxylic acids is 1. The van der Waals surface area contributed by atoms with Crippen molar-refractivity contribution < 1.29 is 9.53 Å². The molecule has 1 amide bonds. The van der Waals surface area contributed by atoms with Gasteiger partial charge in [0.2, 0.25) is 5.91 Å². The predicted octanol–water partition coefficient (Wildman–Crippen LogP) is 2.95. The van der Waals surface area contributed by atoms with Crippen LogP contribution in [-0.2, 0) is 16.0 Å².